The van der Waals surface area contributed by atoms with Crippen LogP contribution >= 0.6 is 0 Å². The van der Waals surface area contributed by atoms with E-state index in [9.17, 15) is 8.42 Å². The van der Waals surface area contributed by atoms with Gasteiger partial charge in [-0.25, -0.2) is 0 Å². The Labute approximate surface area is 150 Å². The van der Waals surface area contributed by atoms with Crippen molar-refractivity contribution in [2.24, 2.45) is 0 Å². The zero-order valence-electron chi connectivity index (χ0n) is 7.01. The van der Waals surface area contributed by atoms with E-state index < -0.39 is 10.1 Å². The Morgan fingerprint density at radius 2 is 1.73 bits per heavy atom. The molecule has 1 aromatic rings. The van der Waals surface area contributed by atoms with Crippen LogP contribution in [0.4, 0.5) is 0 Å². The van der Waals surface area contributed by atoms with Gasteiger partial charge >= 0.3 is 75.5 Å². The van der Waals surface area contributed by atoms with E-state index in [-0.39, 0.29) is 87.0 Å². The molecule has 0 saturated carbocycles. The van der Waals surface area contributed by atoms with Crippen molar-refractivity contribution < 1.29 is 12.6 Å². The van der Waals surface area contributed by atoms with E-state index in [4.69, 9.17) is 0 Å². The standard InChI is InChI=1S/C9H10O3S.2Ca.4H/c1-2-8-12-13(10,11)9-6-4-3-5-7-9;;;;;;/h2-7H,1,8H2;;;;;;. The van der Waals surface area contributed by atoms with E-state index in [1.165, 1.54) is 18.2 Å². The van der Waals surface area contributed by atoms with Gasteiger partial charge in [-0.2, -0.15) is 8.42 Å². The van der Waals surface area contributed by atoms with E-state index in [2.05, 4.69) is 10.8 Å². The number of benzene rings is 1. The van der Waals surface area contributed by atoms with Crippen LogP contribution in [0, 0.1) is 0 Å². The summed E-state index contributed by atoms with van der Waals surface area (Å²) in [5.74, 6) is 0. The molecule has 3 nitrogen and oxygen atoms in total. The number of hydrogen-bond acceptors (Lipinski definition) is 3. The molecule has 15 heavy (non-hydrogen) atoms. The third-order valence-corrected chi connectivity index (χ3v) is 2.67. The average molecular weight is 282 g/mol. The quantitative estimate of drug-likeness (QED) is 0.434. The summed E-state index contributed by atoms with van der Waals surface area (Å²) >= 11 is 0. The Morgan fingerprint density at radius 3 is 2.20 bits per heavy atom. The van der Waals surface area contributed by atoms with Crippen molar-refractivity contribution in [1.82, 2.24) is 0 Å². The molecule has 0 bridgehead atoms. The Morgan fingerprint density at radius 1 is 1.20 bits per heavy atom. The van der Waals surface area contributed by atoms with Gasteiger partial charge in [-0.3, -0.25) is 4.18 Å². The van der Waals surface area contributed by atoms with Crippen LogP contribution in [0.15, 0.2) is 47.9 Å². The van der Waals surface area contributed by atoms with Crippen molar-refractivity contribution in [2.75, 3.05) is 6.61 Å². The van der Waals surface area contributed by atoms with E-state index >= 15 is 0 Å². The summed E-state index contributed by atoms with van der Waals surface area (Å²) in [5, 5.41) is 0. The fourth-order valence-corrected chi connectivity index (χ4v) is 1.69. The molecular weight excluding hydrogens is 268 g/mol. The first-order chi connectivity index (χ1) is 6.17. The fraction of sp³-hybridized carbons (Fsp3) is 0.111. The molecule has 0 heterocycles. The Balaban J connectivity index is 0. The van der Waals surface area contributed by atoms with Gasteiger partial charge in [-0.1, -0.05) is 24.3 Å². The molecule has 6 heteroatoms. The molecule has 0 atom stereocenters. The molecule has 0 spiro atoms. The molecule has 0 aliphatic heterocycles. The van der Waals surface area contributed by atoms with Gasteiger partial charge in [0, 0.05) is 0 Å². The summed E-state index contributed by atoms with van der Waals surface area (Å²) in [7, 11) is -3.59. The molecule has 0 fully saturated rings. The Hall–Kier alpha value is 1.39. The van der Waals surface area contributed by atoms with Crippen molar-refractivity contribution in [3.63, 3.8) is 0 Å². The predicted octanol–water partition coefficient (Wildman–Crippen LogP) is -0.255. The first kappa shape index (κ1) is 18.7. The van der Waals surface area contributed by atoms with Crippen molar-refractivity contribution in [3.05, 3.63) is 43.0 Å². The summed E-state index contributed by atoms with van der Waals surface area (Å²) in [6.07, 6.45) is 1.39. The fourth-order valence-electron chi connectivity index (χ4n) is 0.793. The molecule has 1 rings (SSSR count). The maximum atomic E-state index is 11.3. The first-order valence-electron chi connectivity index (χ1n) is 3.72. The summed E-state index contributed by atoms with van der Waals surface area (Å²) in [5.41, 5.74) is 0. The van der Waals surface area contributed by atoms with Crippen LogP contribution in [0.5, 0.6) is 0 Å². The molecule has 0 saturated heterocycles. The number of hydrogen-bond donors (Lipinski definition) is 0. The molecule has 0 aromatic heterocycles. The van der Waals surface area contributed by atoms with Gasteiger partial charge in [0.05, 0.1) is 11.5 Å². The van der Waals surface area contributed by atoms with Gasteiger partial charge < -0.3 is 0 Å². The molecule has 0 aliphatic carbocycles. The van der Waals surface area contributed by atoms with E-state index in [0.717, 1.165) is 0 Å². The van der Waals surface area contributed by atoms with Gasteiger partial charge in [-0.15, -0.1) is 6.58 Å². The second-order valence-corrected chi connectivity index (χ2v) is 3.96. The first-order valence-corrected chi connectivity index (χ1v) is 5.13. The molecule has 0 amide bonds. The Kier molecular flexibility index (Phi) is 11.8. The van der Waals surface area contributed by atoms with E-state index in [1.807, 2.05) is 0 Å². The van der Waals surface area contributed by atoms with Gasteiger partial charge in [0.2, 0.25) is 0 Å². The van der Waals surface area contributed by atoms with E-state index in [0.29, 0.717) is 0 Å². The van der Waals surface area contributed by atoms with Crippen LogP contribution in [0.2, 0.25) is 0 Å². The minimum absolute atomic E-state index is 0. The van der Waals surface area contributed by atoms with Crippen LogP contribution in [-0.4, -0.2) is 90.5 Å². The molecule has 0 aliphatic rings. The molecular formula is C9H14Ca2O3S. The third kappa shape index (κ3) is 6.64. The minimum atomic E-state index is -3.59. The summed E-state index contributed by atoms with van der Waals surface area (Å²) < 4.78 is 27.3. The Bertz CT molecular complexity index is 376. The SMILES string of the molecule is C=CCOS(=O)(=O)c1ccccc1.[CaH2].[CaH2]. The van der Waals surface area contributed by atoms with Crippen LogP contribution in [0.3, 0.4) is 0 Å². The van der Waals surface area contributed by atoms with E-state index in [1.54, 1.807) is 18.2 Å². The van der Waals surface area contributed by atoms with Crippen molar-refractivity contribution >= 4 is 85.6 Å². The average Bonchev–Trinajstić information content (AvgIpc) is 2.16. The van der Waals surface area contributed by atoms with Crippen LogP contribution in [0.1, 0.15) is 0 Å². The summed E-state index contributed by atoms with van der Waals surface area (Å²) in [4.78, 5) is 0.164. The second-order valence-electron chi connectivity index (χ2n) is 2.34. The van der Waals surface area contributed by atoms with Gasteiger partial charge in [0.25, 0.3) is 10.1 Å². The maximum absolute atomic E-state index is 11.3. The predicted molar refractivity (Wildman–Crippen MR) is 66.9 cm³/mol. The zero-order valence-corrected chi connectivity index (χ0v) is 7.83. The normalized spacial score (nSPS) is 9.60. The molecule has 0 unspecified atom stereocenters. The van der Waals surface area contributed by atoms with Gasteiger partial charge in [-0.05, 0) is 12.1 Å². The van der Waals surface area contributed by atoms with Crippen molar-refractivity contribution in [2.45, 2.75) is 4.90 Å². The third-order valence-electron chi connectivity index (χ3n) is 1.37. The topological polar surface area (TPSA) is 43.4 Å². The molecule has 78 valence electrons. The monoisotopic (exact) mass is 282 g/mol. The zero-order chi connectivity index (χ0) is 9.73. The summed E-state index contributed by atoms with van der Waals surface area (Å²) in [6, 6.07) is 8.00. The summed E-state index contributed by atoms with van der Waals surface area (Å²) in [6.45, 7) is 3.37. The van der Waals surface area contributed by atoms with Crippen LogP contribution in [0.25, 0.3) is 0 Å². The van der Waals surface area contributed by atoms with Crippen LogP contribution in [-0.2, 0) is 14.3 Å². The second kappa shape index (κ2) is 9.42. The van der Waals surface area contributed by atoms with Crippen LogP contribution < -0.4 is 0 Å². The van der Waals surface area contributed by atoms with Gasteiger partial charge in [0.1, 0.15) is 0 Å². The molecule has 0 radical (unpaired) electrons. The van der Waals surface area contributed by atoms with Crippen molar-refractivity contribution in [1.29, 1.82) is 0 Å². The number of rotatable bonds is 4. The molecule has 1 aromatic carbocycles. The van der Waals surface area contributed by atoms with Crippen molar-refractivity contribution in [3.8, 4) is 0 Å². The van der Waals surface area contributed by atoms with Gasteiger partial charge in [0.15, 0.2) is 0 Å². The molecule has 0 N–H and O–H groups in total.